The van der Waals surface area contributed by atoms with Crippen LogP contribution in [0.3, 0.4) is 0 Å². The molecule has 1 amide bonds. The van der Waals surface area contributed by atoms with Crippen LogP contribution in [0, 0.1) is 10.1 Å². The summed E-state index contributed by atoms with van der Waals surface area (Å²) in [4.78, 5) is 33.8. The van der Waals surface area contributed by atoms with Gasteiger partial charge in [-0.2, -0.15) is 0 Å². The van der Waals surface area contributed by atoms with Crippen LogP contribution in [0.1, 0.15) is 5.56 Å². The summed E-state index contributed by atoms with van der Waals surface area (Å²) in [5.41, 5.74) is 0.572. The second kappa shape index (κ2) is 10.1. The fourth-order valence-electron chi connectivity index (χ4n) is 2.20. The number of halogens is 1. The number of hydrogen-bond donors (Lipinski definition) is 1. The molecule has 0 atom stereocenters. The van der Waals surface area contributed by atoms with Gasteiger partial charge < -0.3 is 19.5 Å². The number of nitro groups is 1. The van der Waals surface area contributed by atoms with E-state index in [0.717, 1.165) is 12.1 Å². The number of carbonyl (C=O) groups excluding carboxylic acids is 2. The van der Waals surface area contributed by atoms with Gasteiger partial charge in [0, 0.05) is 29.8 Å². The van der Waals surface area contributed by atoms with E-state index in [-0.39, 0.29) is 16.4 Å². The number of ether oxygens (including phenoxy) is 3. The van der Waals surface area contributed by atoms with Gasteiger partial charge in [0.05, 0.1) is 29.9 Å². The number of hydrogen-bond acceptors (Lipinski definition) is 7. The van der Waals surface area contributed by atoms with Crippen molar-refractivity contribution in [3.8, 4) is 11.5 Å². The zero-order valence-electron chi connectivity index (χ0n) is 15.5. The molecule has 0 fully saturated rings. The number of carbonyl (C=O) groups is 2. The topological polar surface area (TPSA) is 117 Å². The van der Waals surface area contributed by atoms with Gasteiger partial charge in [-0.1, -0.05) is 11.6 Å². The number of non-ortho nitro benzene ring substituents is 1. The molecule has 0 radical (unpaired) electrons. The maximum atomic E-state index is 11.9. The van der Waals surface area contributed by atoms with E-state index in [2.05, 4.69) is 5.32 Å². The monoisotopic (exact) mass is 420 g/mol. The van der Waals surface area contributed by atoms with Gasteiger partial charge in [-0.15, -0.1) is 0 Å². The number of benzene rings is 2. The first-order valence-electron chi connectivity index (χ1n) is 8.14. The van der Waals surface area contributed by atoms with E-state index in [0.29, 0.717) is 17.1 Å². The highest BCUT2D eigenvalue weighted by Crippen LogP contribution is 2.27. The van der Waals surface area contributed by atoms with E-state index in [4.69, 9.17) is 25.8 Å². The molecule has 0 aromatic heterocycles. The Labute approximate surface area is 171 Å². The molecule has 1 N–H and O–H groups in total. The lowest BCUT2D eigenvalue weighted by molar-refractivity contribution is -0.384. The third-order valence-corrected chi connectivity index (χ3v) is 3.94. The van der Waals surface area contributed by atoms with Gasteiger partial charge in [0.1, 0.15) is 11.5 Å². The summed E-state index contributed by atoms with van der Waals surface area (Å²) in [6.45, 7) is -0.559. The Balaban J connectivity index is 1.91. The number of amides is 1. The summed E-state index contributed by atoms with van der Waals surface area (Å²) in [6, 6.07) is 8.65. The van der Waals surface area contributed by atoms with Crippen molar-refractivity contribution in [2.24, 2.45) is 0 Å². The van der Waals surface area contributed by atoms with Gasteiger partial charge in [0.2, 0.25) is 0 Å². The summed E-state index contributed by atoms with van der Waals surface area (Å²) in [5.74, 6) is -0.292. The van der Waals surface area contributed by atoms with Crippen LogP contribution in [0.15, 0.2) is 42.5 Å². The average molecular weight is 421 g/mol. The number of nitro benzene ring substituents is 1. The quantitative estimate of drug-likeness (QED) is 0.301. The van der Waals surface area contributed by atoms with Gasteiger partial charge in [-0.05, 0) is 24.3 Å². The first kappa shape index (κ1) is 21.7. The minimum absolute atomic E-state index is 0.00891. The SMILES string of the molecule is COc1ccc(/C=C/C(=O)OCC(=O)Nc2ccc([N+](=O)[O-])cc2Cl)c(OC)c1. The van der Waals surface area contributed by atoms with Crippen LogP contribution < -0.4 is 14.8 Å². The average Bonchev–Trinajstić information content (AvgIpc) is 2.71. The minimum atomic E-state index is -0.743. The summed E-state index contributed by atoms with van der Waals surface area (Å²) in [6.07, 6.45) is 2.63. The van der Waals surface area contributed by atoms with E-state index >= 15 is 0 Å². The second-order valence-corrected chi connectivity index (χ2v) is 5.93. The van der Waals surface area contributed by atoms with Crippen molar-refractivity contribution in [1.29, 1.82) is 0 Å². The van der Waals surface area contributed by atoms with E-state index in [1.165, 1.54) is 32.4 Å². The van der Waals surface area contributed by atoms with E-state index in [1.807, 2.05) is 0 Å². The summed E-state index contributed by atoms with van der Waals surface area (Å²) >= 11 is 5.89. The van der Waals surface area contributed by atoms with Gasteiger partial charge >= 0.3 is 5.97 Å². The van der Waals surface area contributed by atoms with Crippen LogP contribution in [-0.2, 0) is 14.3 Å². The Kier molecular flexibility index (Phi) is 7.55. The Morgan fingerprint density at radius 2 is 1.93 bits per heavy atom. The third kappa shape index (κ3) is 6.22. The Morgan fingerprint density at radius 1 is 1.17 bits per heavy atom. The molecule has 0 saturated heterocycles. The molecule has 152 valence electrons. The van der Waals surface area contributed by atoms with Crippen LogP contribution in [0.5, 0.6) is 11.5 Å². The number of nitrogens with zero attached hydrogens (tertiary/aromatic N) is 1. The highest BCUT2D eigenvalue weighted by Gasteiger charge is 2.12. The molecule has 0 saturated carbocycles. The van der Waals surface area contributed by atoms with Crippen molar-refractivity contribution in [1.82, 2.24) is 0 Å². The van der Waals surface area contributed by atoms with Gasteiger partial charge in [0.25, 0.3) is 11.6 Å². The molecule has 0 aliphatic rings. The molecule has 10 heteroatoms. The standard InChI is InChI=1S/C19H17ClN2O7/c1-27-14-6-3-12(17(10-14)28-2)4-8-19(24)29-11-18(23)21-16-7-5-13(22(25)26)9-15(16)20/h3-10H,11H2,1-2H3,(H,21,23)/b8-4+. The fourth-order valence-corrected chi connectivity index (χ4v) is 2.43. The van der Waals surface area contributed by atoms with Crippen LogP contribution in [0.2, 0.25) is 5.02 Å². The highest BCUT2D eigenvalue weighted by atomic mass is 35.5. The molecule has 0 spiro atoms. The van der Waals surface area contributed by atoms with Gasteiger partial charge in [-0.25, -0.2) is 4.79 Å². The van der Waals surface area contributed by atoms with Crippen LogP contribution in [-0.4, -0.2) is 37.6 Å². The predicted molar refractivity (Wildman–Crippen MR) is 106 cm³/mol. The normalized spacial score (nSPS) is 10.4. The van der Waals surface area contributed by atoms with Crippen molar-refractivity contribution in [2.75, 3.05) is 26.1 Å². The third-order valence-electron chi connectivity index (χ3n) is 3.62. The lowest BCUT2D eigenvalue weighted by Crippen LogP contribution is -2.20. The molecular formula is C19H17ClN2O7. The van der Waals surface area contributed by atoms with Crippen LogP contribution in [0.4, 0.5) is 11.4 Å². The lowest BCUT2D eigenvalue weighted by Gasteiger charge is -2.08. The highest BCUT2D eigenvalue weighted by molar-refractivity contribution is 6.34. The molecular weight excluding hydrogens is 404 g/mol. The van der Waals surface area contributed by atoms with Gasteiger partial charge in [-0.3, -0.25) is 14.9 Å². The number of methoxy groups -OCH3 is 2. The Bertz CT molecular complexity index is 960. The zero-order chi connectivity index (χ0) is 21.4. The largest absolute Gasteiger partial charge is 0.497 e. The number of esters is 1. The van der Waals surface area contributed by atoms with Crippen LogP contribution in [0.25, 0.3) is 6.08 Å². The van der Waals surface area contributed by atoms with Crippen molar-refractivity contribution in [3.63, 3.8) is 0 Å². The first-order valence-corrected chi connectivity index (χ1v) is 8.52. The molecule has 2 rings (SSSR count). The van der Waals surface area contributed by atoms with Crippen molar-refractivity contribution >= 4 is 40.9 Å². The summed E-state index contributed by atoms with van der Waals surface area (Å²) in [7, 11) is 3.01. The first-order chi connectivity index (χ1) is 13.8. The summed E-state index contributed by atoms with van der Waals surface area (Å²) in [5, 5.41) is 13.1. The predicted octanol–water partition coefficient (Wildman–Crippen LogP) is 3.46. The maximum absolute atomic E-state index is 11.9. The van der Waals surface area contributed by atoms with Crippen molar-refractivity contribution < 1.29 is 28.7 Å². The fraction of sp³-hybridized carbons (Fsp3) is 0.158. The molecule has 9 nitrogen and oxygen atoms in total. The molecule has 2 aromatic rings. The van der Waals surface area contributed by atoms with Crippen LogP contribution >= 0.6 is 11.6 Å². The molecule has 29 heavy (non-hydrogen) atoms. The van der Waals surface area contributed by atoms with Crippen molar-refractivity contribution in [2.45, 2.75) is 0 Å². The molecule has 0 aliphatic heterocycles. The van der Waals surface area contributed by atoms with E-state index in [9.17, 15) is 19.7 Å². The zero-order valence-corrected chi connectivity index (χ0v) is 16.3. The molecule has 0 unspecified atom stereocenters. The number of anilines is 1. The Hall–Kier alpha value is -3.59. The maximum Gasteiger partial charge on any atom is 0.331 e. The van der Waals surface area contributed by atoms with E-state index in [1.54, 1.807) is 18.2 Å². The van der Waals surface area contributed by atoms with Crippen molar-refractivity contribution in [3.05, 3.63) is 63.2 Å². The molecule has 0 aliphatic carbocycles. The molecule has 0 heterocycles. The molecule has 0 bridgehead atoms. The Morgan fingerprint density at radius 3 is 2.55 bits per heavy atom. The molecule has 2 aromatic carbocycles. The lowest BCUT2D eigenvalue weighted by atomic mass is 10.2. The smallest absolute Gasteiger partial charge is 0.331 e. The minimum Gasteiger partial charge on any atom is -0.497 e. The second-order valence-electron chi connectivity index (χ2n) is 5.52. The van der Waals surface area contributed by atoms with Gasteiger partial charge in [0.15, 0.2) is 6.61 Å². The number of rotatable bonds is 8. The van der Waals surface area contributed by atoms with E-state index < -0.39 is 23.4 Å². The number of nitrogens with one attached hydrogen (secondary N) is 1. The summed E-state index contributed by atoms with van der Waals surface area (Å²) < 4.78 is 15.2.